The normalized spacial score (nSPS) is 13.6. The molecule has 2 aromatic carbocycles. The Kier molecular flexibility index (Phi) is 6.20. The highest BCUT2D eigenvalue weighted by Crippen LogP contribution is 2.24. The molecule has 8 heteroatoms. The van der Waals surface area contributed by atoms with E-state index in [0.717, 1.165) is 42.6 Å². The number of fused-ring (bicyclic) bond motifs is 1. The molecule has 0 fully saturated rings. The Morgan fingerprint density at radius 1 is 1.03 bits per heavy atom. The Morgan fingerprint density at radius 2 is 1.77 bits per heavy atom. The average molecular weight is 440 g/mol. The van der Waals surface area contributed by atoms with E-state index in [-0.39, 0.29) is 23.5 Å². The molecule has 1 heterocycles. The molecule has 0 aliphatic heterocycles. The van der Waals surface area contributed by atoms with Gasteiger partial charge < -0.3 is 4.74 Å². The van der Waals surface area contributed by atoms with Crippen molar-refractivity contribution in [1.29, 1.82) is 0 Å². The average Bonchev–Trinajstić information content (AvgIpc) is 2.79. The van der Waals surface area contributed by atoms with Crippen molar-refractivity contribution in [2.24, 2.45) is 0 Å². The van der Waals surface area contributed by atoms with Gasteiger partial charge in [0.25, 0.3) is 5.56 Å². The lowest BCUT2D eigenvalue weighted by Gasteiger charge is -2.17. The molecule has 0 atom stereocenters. The van der Waals surface area contributed by atoms with Crippen molar-refractivity contribution < 1.29 is 13.2 Å². The van der Waals surface area contributed by atoms with E-state index < -0.39 is 10.0 Å². The maximum absolute atomic E-state index is 12.7. The largest absolute Gasteiger partial charge is 0.497 e. The van der Waals surface area contributed by atoms with Gasteiger partial charge in [0.15, 0.2) is 0 Å². The summed E-state index contributed by atoms with van der Waals surface area (Å²) in [6.07, 6.45) is 5.60. The van der Waals surface area contributed by atoms with Crippen LogP contribution in [-0.2, 0) is 29.4 Å². The van der Waals surface area contributed by atoms with Gasteiger partial charge in [-0.1, -0.05) is 6.07 Å². The van der Waals surface area contributed by atoms with Crippen LogP contribution in [0.1, 0.15) is 24.0 Å². The van der Waals surface area contributed by atoms with Gasteiger partial charge in [-0.3, -0.25) is 9.36 Å². The zero-order valence-electron chi connectivity index (χ0n) is 17.4. The Morgan fingerprint density at radius 3 is 2.48 bits per heavy atom. The van der Waals surface area contributed by atoms with E-state index in [9.17, 15) is 13.2 Å². The number of aromatic nitrogens is 2. The van der Waals surface area contributed by atoms with Gasteiger partial charge in [0.2, 0.25) is 10.0 Å². The fraction of sp³-hybridized carbons (Fsp3) is 0.304. The molecule has 162 valence electrons. The van der Waals surface area contributed by atoms with Gasteiger partial charge in [-0.15, -0.1) is 0 Å². The minimum atomic E-state index is -3.63. The quantitative estimate of drug-likeness (QED) is 0.611. The van der Waals surface area contributed by atoms with Crippen LogP contribution in [0.2, 0.25) is 0 Å². The van der Waals surface area contributed by atoms with Gasteiger partial charge in [0.05, 0.1) is 24.0 Å². The molecule has 1 aliphatic carbocycles. The van der Waals surface area contributed by atoms with Crippen molar-refractivity contribution >= 4 is 10.0 Å². The van der Waals surface area contributed by atoms with Crippen LogP contribution in [0.15, 0.2) is 64.5 Å². The lowest BCUT2D eigenvalue weighted by atomic mass is 9.92. The number of ether oxygens (including phenoxy) is 1. The summed E-state index contributed by atoms with van der Waals surface area (Å²) in [6, 6.07) is 14.1. The highest BCUT2D eigenvalue weighted by Gasteiger charge is 2.17. The van der Waals surface area contributed by atoms with Gasteiger partial charge in [0.1, 0.15) is 5.75 Å². The highest BCUT2D eigenvalue weighted by molar-refractivity contribution is 7.89. The molecular formula is C23H25N3O4S. The second-order valence-electron chi connectivity index (χ2n) is 7.57. The molecule has 0 bridgehead atoms. The van der Waals surface area contributed by atoms with Crippen LogP contribution < -0.4 is 15.0 Å². The van der Waals surface area contributed by atoms with Crippen molar-refractivity contribution in [3.8, 4) is 17.0 Å². The van der Waals surface area contributed by atoms with Crippen LogP contribution >= 0.6 is 0 Å². The van der Waals surface area contributed by atoms with E-state index in [0.29, 0.717) is 5.69 Å². The predicted molar refractivity (Wildman–Crippen MR) is 119 cm³/mol. The van der Waals surface area contributed by atoms with Crippen LogP contribution in [-0.4, -0.2) is 31.6 Å². The Hall–Kier alpha value is -2.97. The SMILES string of the molecule is COc1ccc(-c2cc(=O)n(CCNS(=O)(=O)c3ccc4c(c3)CCCC4)cn2)cc1. The summed E-state index contributed by atoms with van der Waals surface area (Å²) in [5, 5.41) is 0. The van der Waals surface area contributed by atoms with Crippen LogP contribution in [0.5, 0.6) is 5.75 Å². The van der Waals surface area contributed by atoms with Gasteiger partial charge in [-0.25, -0.2) is 18.1 Å². The van der Waals surface area contributed by atoms with E-state index in [2.05, 4.69) is 9.71 Å². The monoisotopic (exact) mass is 439 g/mol. The molecule has 1 aromatic heterocycles. The highest BCUT2D eigenvalue weighted by atomic mass is 32.2. The maximum Gasteiger partial charge on any atom is 0.253 e. The van der Waals surface area contributed by atoms with Crippen molar-refractivity contribution in [2.45, 2.75) is 37.1 Å². The van der Waals surface area contributed by atoms with Crippen LogP contribution in [0.25, 0.3) is 11.3 Å². The molecular weight excluding hydrogens is 414 g/mol. The number of methoxy groups -OCH3 is 1. The van der Waals surface area contributed by atoms with E-state index in [4.69, 9.17) is 4.74 Å². The Labute approximate surface area is 181 Å². The lowest BCUT2D eigenvalue weighted by molar-refractivity contribution is 0.415. The zero-order valence-corrected chi connectivity index (χ0v) is 18.2. The molecule has 0 saturated carbocycles. The maximum atomic E-state index is 12.7. The molecule has 0 unspecified atom stereocenters. The lowest BCUT2D eigenvalue weighted by Crippen LogP contribution is -2.31. The molecule has 7 nitrogen and oxygen atoms in total. The summed E-state index contributed by atoms with van der Waals surface area (Å²) < 4.78 is 34.4. The molecule has 31 heavy (non-hydrogen) atoms. The van der Waals surface area contributed by atoms with E-state index in [1.54, 1.807) is 31.4 Å². The molecule has 1 N–H and O–H groups in total. The van der Waals surface area contributed by atoms with Crippen LogP contribution in [0.4, 0.5) is 0 Å². The van der Waals surface area contributed by atoms with Crippen molar-refractivity contribution in [2.75, 3.05) is 13.7 Å². The first-order valence-electron chi connectivity index (χ1n) is 10.3. The Balaban J connectivity index is 1.41. The third kappa shape index (κ3) is 4.86. The van der Waals surface area contributed by atoms with Crippen LogP contribution in [0, 0.1) is 0 Å². The van der Waals surface area contributed by atoms with Gasteiger partial charge in [0, 0.05) is 24.7 Å². The summed E-state index contributed by atoms with van der Waals surface area (Å²) >= 11 is 0. The number of nitrogens with one attached hydrogen (secondary N) is 1. The molecule has 3 aromatic rings. The van der Waals surface area contributed by atoms with Crippen molar-refractivity contribution in [3.05, 3.63) is 76.3 Å². The number of benzene rings is 2. The molecule has 0 spiro atoms. The fourth-order valence-corrected chi connectivity index (χ4v) is 4.85. The summed E-state index contributed by atoms with van der Waals surface area (Å²) in [7, 11) is -2.04. The first-order chi connectivity index (χ1) is 15.0. The smallest absolute Gasteiger partial charge is 0.253 e. The number of nitrogens with zero attached hydrogens (tertiary/aromatic N) is 2. The third-order valence-electron chi connectivity index (χ3n) is 5.54. The number of hydrogen-bond donors (Lipinski definition) is 1. The van der Waals surface area contributed by atoms with E-state index in [1.807, 2.05) is 18.2 Å². The van der Waals surface area contributed by atoms with E-state index in [1.165, 1.54) is 22.5 Å². The summed E-state index contributed by atoms with van der Waals surface area (Å²) in [6.45, 7) is 0.293. The second kappa shape index (κ2) is 9.03. The second-order valence-corrected chi connectivity index (χ2v) is 9.34. The molecule has 4 rings (SSSR count). The molecule has 0 amide bonds. The van der Waals surface area contributed by atoms with Crippen LogP contribution in [0.3, 0.4) is 0 Å². The van der Waals surface area contributed by atoms with Crippen molar-refractivity contribution in [1.82, 2.24) is 14.3 Å². The van der Waals surface area contributed by atoms with Gasteiger partial charge >= 0.3 is 0 Å². The summed E-state index contributed by atoms with van der Waals surface area (Å²) in [5.74, 6) is 0.725. The first-order valence-corrected chi connectivity index (χ1v) is 11.8. The molecule has 1 aliphatic rings. The number of hydrogen-bond acceptors (Lipinski definition) is 5. The van der Waals surface area contributed by atoms with Gasteiger partial charge in [-0.2, -0.15) is 0 Å². The number of sulfonamides is 1. The van der Waals surface area contributed by atoms with E-state index >= 15 is 0 Å². The third-order valence-corrected chi connectivity index (χ3v) is 7.00. The standard InChI is InChI=1S/C23H25N3O4S/c1-30-20-9-6-18(7-10-20)22-15-23(27)26(16-24-22)13-12-25-31(28,29)21-11-8-17-4-2-3-5-19(17)14-21/h6-11,14-16,25H,2-5,12-13H2,1H3. The number of rotatable bonds is 7. The first kappa shape index (κ1) is 21.3. The summed E-state index contributed by atoms with van der Waals surface area (Å²) in [4.78, 5) is 17.0. The molecule has 0 radical (unpaired) electrons. The topological polar surface area (TPSA) is 90.3 Å². The molecule has 0 saturated heterocycles. The number of aryl methyl sites for hydroxylation is 2. The minimum Gasteiger partial charge on any atom is -0.497 e. The summed E-state index contributed by atoms with van der Waals surface area (Å²) in [5.41, 5.74) is 3.47. The zero-order chi connectivity index (χ0) is 21.8. The minimum absolute atomic E-state index is 0.100. The van der Waals surface area contributed by atoms with Gasteiger partial charge in [-0.05, 0) is 73.2 Å². The fourth-order valence-electron chi connectivity index (χ4n) is 3.77. The predicted octanol–water partition coefficient (Wildman–Crippen LogP) is 2.78. The Bertz CT molecular complexity index is 1230. The van der Waals surface area contributed by atoms with Crippen molar-refractivity contribution in [3.63, 3.8) is 0 Å².